The van der Waals surface area contributed by atoms with Crippen molar-refractivity contribution in [2.45, 2.75) is 6.42 Å². The molecule has 5 nitrogen and oxygen atoms in total. The van der Waals surface area contributed by atoms with E-state index >= 15 is 0 Å². The molecule has 5 heteroatoms. The monoisotopic (exact) mass is 152 g/mol. The summed E-state index contributed by atoms with van der Waals surface area (Å²) in [6.07, 6.45) is 5.01. The van der Waals surface area contributed by atoms with Gasteiger partial charge in [-0.05, 0) is 0 Å². The first-order chi connectivity index (χ1) is 5.33. The summed E-state index contributed by atoms with van der Waals surface area (Å²) in [5.41, 5.74) is 5.92. The first-order valence-electron chi connectivity index (χ1n) is 3.04. The van der Waals surface area contributed by atoms with Crippen molar-refractivity contribution in [2.75, 3.05) is 0 Å². The van der Waals surface area contributed by atoms with Gasteiger partial charge in [-0.15, -0.1) is 0 Å². The van der Waals surface area contributed by atoms with Gasteiger partial charge in [0.1, 0.15) is 5.84 Å². The summed E-state index contributed by atoms with van der Waals surface area (Å²) < 4.78 is 0. The first-order valence-corrected chi connectivity index (χ1v) is 3.04. The quantitative estimate of drug-likeness (QED) is 0.265. The highest BCUT2D eigenvalue weighted by molar-refractivity contribution is 5.81. The molecule has 0 saturated carbocycles. The van der Waals surface area contributed by atoms with Crippen molar-refractivity contribution in [3.63, 3.8) is 0 Å². The fraction of sp³-hybridized carbons (Fsp3) is 0.167. The molecule has 0 radical (unpaired) electrons. The van der Waals surface area contributed by atoms with E-state index in [0.29, 0.717) is 12.1 Å². The van der Waals surface area contributed by atoms with E-state index in [1.54, 1.807) is 18.6 Å². The molecule has 0 amide bonds. The Kier molecular flexibility index (Phi) is 2.37. The van der Waals surface area contributed by atoms with Crippen molar-refractivity contribution in [1.29, 1.82) is 0 Å². The molecule has 0 spiro atoms. The highest BCUT2D eigenvalue weighted by Gasteiger charge is 1.96. The van der Waals surface area contributed by atoms with Crippen LogP contribution < -0.4 is 5.73 Å². The van der Waals surface area contributed by atoms with Gasteiger partial charge in [-0.3, -0.25) is 9.97 Å². The number of nitrogens with two attached hydrogens (primary N) is 1. The molecule has 0 aliphatic heterocycles. The predicted molar refractivity (Wildman–Crippen MR) is 39.1 cm³/mol. The zero-order valence-corrected chi connectivity index (χ0v) is 5.81. The second kappa shape index (κ2) is 3.50. The molecule has 1 aromatic heterocycles. The summed E-state index contributed by atoms with van der Waals surface area (Å²) in [4.78, 5) is 7.75. The zero-order valence-electron chi connectivity index (χ0n) is 5.81. The van der Waals surface area contributed by atoms with E-state index in [0.717, 1.165) is 0 Å². The Bertz CT molecular complexity index is 246. The van der Waals surface area contributed by atoms with Crippen molar-refractivity contribution in [1.82, 2.24) is 9.97 Å². The molecular weight excluding hydrogens is 144 g/mol. The zero-order chi connectivity index (χ0) is 8.10. The molecule has 58 valence electrons. The SMILES string of the molecule is N/C(Cc1cnccn1)=N/O. The minimum atomic E-state index is 0.130. The Hall–Kier alpha value is -1.65. The van der Waals surface area contributed by atoms with Crippen LogP contribution in [0.4, 0.5) is 0 Å². The van der Waals surface area contributed by atoms with E-state index in [1.807, 2.05) is 0 Å². The van der Waals surface area contributed by atoms with Crippen molar-refractivity contribution < 1.29 is 5.21 Å². The highest BCUT2D eigenvalue weighted by atomic mass is 16.4. The van der Waals surface area contributed by atoms with Crippen LogP contribution in [0.3, 0.4) is 0 Å². The summed E-state index contributed by atoms with van der Waals surface area (Å²) in [6.45, 7) is 0. The normalized spacial score (nSPS) is 11.5. The number of oxime groups is 1. The minimum Gasteiger partial charge on any atom is -0.409 e. The Morgan fingerprint density at radius 3 is 3.00 bits per heavy atom. The Morgan fingerprint density at radius 2 is 2.45 bits per heavy atom. The Balaban J connectivity index is 2.65. The van der Waals surface area contributed by atoms with Gasteiger partial charge in [-0.1, -0.05) is 5.16 Å². The lowest BCUT2D eigenvalue weighted by atomic mass is 10.3. The van der Waals surface area contributed by atoms with Gasteiger partial charge in [0.05, 0.1) is 12.1 Å². The second-order valence-electron chi connectivity index (χ2n) is 1.96. The maximum atomic E-state index is 8.21. The molecule has 1 aromatic rings. The van der Waals surface area contributed by atoms with Gasteiger partial charge in [0.15, 0.2) is 0 Å². The minimum absolute atomic E-state index is 0.130. The standard InChI is InChI=1S/C6H8N4O/c7-6(10-11)3-5-4-8-1-2-9-5/h1-2,4,11H,3H2,(H2,7,10). The van der Waals surface area contributed by atoms with Gasteiger partial charge in [-0.25, -0.2) is 0 Å². The second-order valence-corrected chi connectivity index (χ2v) is 1.96. The van der Waals surface area contributed by atoms with Crippen LogP contribution in [0, 0.1) is 0 Å². The maximum Gasteiger partial charge on any atom is 0.145 e. The molecule has 0 bridgehead atoms. The number of hydrogen-bond acceptors (Lipinski definition) is 4. The molecule has 1 heterocycles. The average molecular weight is 152 g/mol. The van der Waals surface area contributed by atoms with Crippen molar-refractivity contribution >= 4 is 5.84 Å². The third-order valence-electron chi connectivity index (χ3n) is 1.11. The van der Waals surface area contributed by atoms with E-state index < -0.39 is 0 Å². The molecule has 11 heavy (non-hydrogen) atoms. The Labute approximate surface area is 63.6 Å². The molecule has 0 aromatic carbocycles. The molecule has 0 fully saturated rings. The molecule has 0 atom stereocenters. The van der Waals surface area contributed by atoms with Gasteiger partial charge in [0.2, 0.25) is 0 Å². The third kappa shape index (κ3) is 2.21. The van der Waals surface area contributed by atoms with Crippen molar-refractivity contribution in [3.8, 4) is 0 Å². The molecule has 1 rings (SSSR count). The summed E-state index contributed by atoms with van der Waals surface area (Å²) in [7, 11) is 0. The van der Waals surface area contributed by atoms with E-state index in [9.17, 15) is 0 Å². The molecule has 0 unspecified atom stereocenters. The van der Waals surface area contributed by atoms with Gasteiger partial charge >= 0.3 is 0 Å². The topological polar surface area (TPSA) is 84.4 Å². The van der Waals surface area contributed by atoms with Gasteiger partial charge in [0, 0.05) is 18.6 Å². The summed E-state index contributed by atoms with van der Waals surface area (Å²) >= 11 is 0. The average Bonchev–Trinajstić information content (AvgIpc) is 2.06. The maximum absolute atomic E-state index is 8.21. The van der Waals surface area contributed by atoms with Crippen LogP contribution in [-0.4, -0.2) is 21.0 Å². The highest BCUT2D eigenvalue weighted by Crippen LogP contribution is 1.90. The largest absolute Gasteiger partial charge is 0.409 e. The molecule has 0 aliphatic rings. The number of nitrogens with zero attached hydrogens (tertiary/aromatic N) is 3. The van der Waals surface area contributed by atoms with E-state index in [2.05, 4.69) is 15.1 Å². The summed E-state index contributed by atoms with van der Waals surface area (Å²) in [5, 5.41) is 11.0. The smallest absolute Gasteiger partial charge is 0.145 e. The van der Waals surface area contributed by atoms with Crippen LogP contribution in [-0.2, 0) is 6.42 Å². The molecule has 0 aliphatic carbocycles. The number of hydrogen-bond donors (Lipinski definition) is 2. The van der Waals surface area contributed by atoms with Gasteiger partial charge in [0.25, 0.3) is 0 Å². The fourth-order valence-electron chi connectivity index (χ4n) is 0.642. The number of amidine groups is 1. The van der Waals surface area contributed by atoms with Crippen molar-refractivity contribution in [3.05, 3.63) is 24.3 Å². The van der Waals surface area contributed by atoms with E-state index in [4.69, 9.17) is 10.9 Å². The van der Waals surface area contributed by atoms with E-state index in [-0.39, 0.29) is 5.84 Å². The van der Waals surface area contributed by atoms with Crippen molar-refractivity contribution in [2.24, 2.45) is 10.9 Å². The predicted octanol–water partition coefficient (Wildman–Crippen LogP) is -0.235. The molecular formula is C6H8N4O. The number of aromatic nitrogens is 2. The molecule has 3 N–H and O–H groups in total. The van der Waals surface area contributed by atoms with Crippen LogP contribution >= 0.6 is 0 Å². The summed E-state index contributed by atoms with van der Waals surface area (Å²) in [5.74, 6) is 0.130. The Morgan fingerprint density at radius 1 is 1.64 bits per heavy atom. The van der Waals surface area contributed by atoms with Crippen LogP contribution in [0.5, 0.6) is 0 Å². The van der Waals surface area contributed by atoms with Crippen LogP contribution in [0.15, 0.2) is 23.7 Å². The van der Waals surface area contributed by atoms with Gasteiger partial charge in [-0.2, -0.15) is 0 Å². The van der Waals surface area contributed by atoms with Crippen LogP contribution in [0.1, 0.15) is 5.69 Å². The third-order valence-corrected chi connectivity index (χ3v) is 1.11. The van der Waals surface area contributed by atoms with Gasteiger partial charge < -0.3 is 10.9 Å². The fourth-order valence-corrected chi connectivity index (χ4v) is 0.642. The molecule has 0 saturated heterocycles. The lowest BCUT2D eigenvalue weighted by Gasteiger charge is -1.95. The first kappa shape index (κ1) is 7.46. The lowest BCUT2D eigenvalue weighted by molar-refractivity contribution is 0.317. The summed E-state index contributed by atoms with van der Waals surface area (Å²) in [6, 6.07) is 0. The number of rotatable bonds is 2. The van der Waals surface area contributed by atoms with E-state index in [1.165, 1.54) is 0 Å². The lowest BCUT2D eigenvalue weighted by Crippen LogP contribution is -2.15. The van der Waals surface area contributed by atoms with Crippen LogP contribution in [0.2, 0.25) is 0 Å². The van der Waals surface area contributed by atoms with Crippen LogP contribution in [0.25, 0.3) is 0 Å².